The van der Waals surface area contributed by atoms with Crippen molar-refractivity contribution in [3.05, 3.63) is 29.8 Å². The second-order valence-corrected chi connectivity index (χ2v) is 6.75. The van der Waals surface area contributed by atoms with Gasteiger partial charge in [0.25, 0.3) is 0 Å². The number of aryl methyl sites for hydroxylation is 1. The van der Waals surface area contributed by atoms with Gasteiger partial charge in [-0.05, 0) is 26.0 Å². The summed E-state index contributed by atoms with van der Waals surface area (Å²) in [4.78, 5) is 2.18. The van der Waals surface area contributed by atoms with Crippen LogP contribution in [0.3, 0.4) is 0 Å². The van der Waals surface area contributed by atoms with E-state index >= 15 is 0 Å². The Morgan fingerprint density at radius 3 is 2.57 bits per heavy atom. The smallest absolute Gasteiger partial charge is 0.232 e. The molecule has 2 heterocycles. The highest BCUT2D eigenvalue weighted by Gasteiger charge is 2.22. The third kappa shape index (κ3) is 3.49. The first-order chi connectivity index (χ1) is 11.2. The molecule has 0 unspecified atom stereocenters. The lowest BCUT2D eigenvalue weighted by atomic mass is 10.2. The molecule has 0 spiro atoms. The second-order valence-electron chi connectivity index (χ2n) is 5.44. The van der Waals surface area contributed by atoms with Crippen molar-refractivity contribution < 1.29 is 4.74 Å². The Morgan fingerprint density at radius 2 is 1.91 bits per heavy atom. The SMILES string of the molecule is Cc1ccc(-n2c(S[C@H](C)C#N)nnc2N2CCOCC2)cc1. The number of rotatable bonds is 4. The molecule has 0 bridgehead atoms. The first kappa shape index (κ1) is 15.8. The predicted octanol–water partition coefficient (Wildman–Crippen LogP) is 2.42. The van der Waals surface area contributed by atoms with Crippen LogP contribution in [-0.2, 0) is 4.74 Å². The van der Waals surface area contributed by atoms with Crippen LogP contribution in [0, 0.1) is 18.3 Å². The summed E-state index contributed by atoms with van der Waals surface area (Å²) in [6, 6.07) is 10.5. The minimum Gasteiger partial charge on any atom is -0.378 e. The predicted molar refractivity (Wildman–Crippen MR) is 90.1 cm³/mol. The summed E-state index contributed by atoms with van der Waals surface area (Å²) in [6.07, 6.45) is 0. The Kier molecular flexibility index (Phi) is 4.84. The van der Waals surface area contributed by atoms with E-state index < -0.39 is 0 Å². The third-order valence-corrected chi connectivity index (χ3v) is 4.60. The molecule has 0 N–H and O–H groups in total. The summed E-state index contributed by atoms with van der Waals surface area (Å²) in [5, 5.41) is 18.4. The van der Waals surface area contributed by atoms with Crippen LogP contribution in [0.4, 0.5) is 5.95 Å². The van der Waals surface area contributed by atoms with Gasteiger partial charge in [-0.15, -0.1) is 10.2 Å². The fourth-order valence-corrected chi connectivity index (χ4v) is 3.16. The maximum absolute atomic E-state index is 9.09. The van der Waals surface area contributed by atoms with Crippen molar-refractivity contribution in [3.63, 3.8) is 0 Å². The van der Waals surface area contributed by atoms with Crippen LogP contribution in [0.25, 0.3) is 5.69 Å². The number of nitriles is 1. The molecule has 1 fully saturated rings. The first-order valence-electron chi connectivity index (χ1n) is 7.60. The zero-order valence-corrected chi connectivity index (χ0v) is 14.1. The quantitative estimate of drug-likeness (QED) is 0.803. The van der Waals surface area contributed by atoms with Crippen molar-refractivity contribution in [1.29, 1.82) is 5.26 Å². The number of ether oxygens (including phenoxy) is 1. The van der Waals surface area contributed by atoms with Crippen molar-refractivity contribution in [2.24, 2.45) is 0 Å². The lowest BCUT2D eigenvalue weighted by molar-refractivity contribution is 0.122. The average molecular weight is 329 g/mol. The van der Waals surface area contributed by atoms with Crippen molar-refractivity contribution in [1.82, 2.24) is 14.8 Å². The molecule has 1 aliphatic heterocycles. The van der Waals surface area contributed by atoms with E-state index in [1.807, 2.05) is 11.5 Å². The van der Waals surface area contributed by atoms with Gasteiger partial charge in [0, 0.05) is 13.1 Å². The summed E-state index contributed by atoms with van der Waals surface area (Å²) < 4.78 is 7.45. The highest BCUT2D eigenvalue weighted by molar-refractivity contribution is 8.00. The Hall–Kier alpha value is -2.04. The molecule has 1 aliphatic rings. The molecule has 1 aromatic heterocycles. The van der Waals surface area contributed by atoms with Gasteiger partial charge >= 0.3 is 0 Å². The fraction of sp³-hybridized carbons (Fsp3) is 0.438. The lowest BCUT2D eigenvalue weighted by Crippen LogP contribution is -2.37. The van der Waals surface area contributed by atoms with E-state index in [0.29, 0.717) is 13.2 Å². The summed E-state index contributed by atoms with van der Waals surface area (Å²) in [7, 11) is 0. The highest BCUT2D eigenvalue weighted by Crippen LogP contribution is 2.29. The van der Waals surface area contributed by atoms with Gasteiger partial charge in [0.15, 0.2) is 5.16 Å². The number of aromatic nitrogens is 3. The molecular weight excluding hydrogens is 310 g/mol. The third-order valence-electron chi connectivity index (χ3n) is 3.67. The van der Waals surface area contributed by atoms with Gasteiger partial charge < -0.3 is 9.64 Å². The van der Waals surface area contributed by atoms with Crippen LogP contribution >= 0.6 is 11.8 Å². The Bertz CT molecular complexity index is 700. The molecule has 0 amide bonds. The molecule has 1 saturated heterocycles. The standard InChI is InChI=1S/C16H19N5OS/c1-12-3-5-14(6-4-12)21-15(20-7-9-22-10-8-20)18-19-16(21)23-13(2)11-17/h3-6,13H,7-10H2,1-2H3/t13-/m1/s1. The van der Waals surface area contributed by atoms with E-state index in [1.54, 1.807) is 0 Å². The molecule has 0 saturated carbocycles. The minimum absolute atomic E-state index is 0.180. The van der Waals surface area contributed by atoms with E-state index in [9.17, 15) is 0 Å². The Balaban J connectivity index is 2.02. The Morgan fingerprint density at radius 1 is 1.22 bits per heavy atom. The van der Waals surface area contributed by atoms with Gasteiger partial charge in [-0.25, -0.2) is 0 Å². The molecule has 2 aromatic rings. The van der Waals surface area contributed by atoms with Crippen molar-refractivity contribution >= 4 is 17.7 Å². The maximum atomic E-state index is 9.09. The number of anilines is 1. The van der Waals surface area contributed by atoms with Gasteiger partial charge in [-0.2, -0.15) is 5.26 Å². The molecule has 1 atom stereocenters. The van der Waals surface area contributed by atoms with Gasteiger partial charge in [0.2, 0.25) is 5.95 Å². The number of thioether (sulfide) groups is 1. The lowest BCUT2D eigenvalue weighted by Gasteiger charge is -2.28. The van der Waals surface area contributed by atoms with Crippen LogP contribution in [0.15, 0.2) is 29.4 Å². The van der Waals surface area contributed by atoms with Crippen molar-refractivity contribution in [3.8, 4) is 11.8 Å². The second kappa shape index (κ2) is 7.02. The normalized spacial score (nSPS) is 16.1. The van der Waals surface area contributed by atoms with E-state index in [0.717, 1.165) is 29.9 Å². The number of nitrogens with zero attached hydrogens (tertiary/aromatic N) is 5. The summed E-state index contributed by atoms with van der Waals surface area (Å²) in [6.45, 7) is 6.90. The van der Waals surface area contributed by atoms with Crippen LogP contribution in [0.5, 0.6) is 0 Å². The maximum Gasteiger partial charge on any atom is 0.232 e. The van der Waals surface area contributed by atoms with E-state index in [-0.39, 0.29) is 5.25 Å². The molecule has 6 nitrogen and oxygen atoms in total. The van der Waals surface area contributed by atoms with Crippen molar-refractivity contribution in [2.45, 2.75) is 24.3 Å². The van der Waals surface area contributed by atoms with Crippen LogP contribution < -0.4 is 4.90 Å². The number of hydrogen-bond acceptors (Lipinski definition) is 6. The molecule has 120 valence electrons. The molecule has 23 heavy (non-hydrogen) atoms. The summed E-state index contributed by atoms with van der Waals surface area (Å²) in [5.41, 5.74) is 2.21. The average Bonchev–Trinajstić information content (AvgIpc) is 3.00. The zero-order chi connectivity index (χ0) is 16.2. The number of morpholine rings is 1. The molecule has 0 radical (unpaired) electrons. The summed E-state index contributed by atoms with van der Waals surface area (Å²) in [5.74, 6) is 0.810. The topological polar surface area (TPSA) is 67.0 Å². The molecule has 1 aromatic carbocycles. The highest BCUT2D eigenvalue weighted by atomic mass is 32.2. The monoisotopic (exact) mass is 329 g/mol. The zero-order valence-electron chi connectivity index (χ0n) is 13.3. The summed E-state index contributed by atoms with van der Waals surface area (Å²) >= 11 is 1.42. The first-order valence-corrected chi connectivity index (χ1v) is 8.48. The largest absolute Gasteiger partial charge is 0.378 e. The number of hydrogen-bond donors (Lipinski definition) is 0. The van der Waals surface area contributed by atoms with Crippen LogP contribution in [0.1, 0.15) is 12.5 Å². The minimum atomic E-state index is -0.180. The molecule has 7 heteroatoms. The van der Waals surface area contributed by atoms with Crippen LogP contribution in [0.2, 0.25) is 0 Å². The molecule has 3 rings (SSSR count). The van der Waals surface area contributed by atoms with E-state index in [1.165, 1.54) is 17.3 Å². The van der Waals surface area contributed by atoms with E-state index in [4.69, 9.17) is 10.00 Å². The van der Waals surface area contributed by atoms with Crippen LogP contribution in [-0.4, -0.2) is 46.3 Å². The van der Waals surface area contributed by atoms with Gasteiger partial charge in [-0.3, -0.25) is 4.57 Å². The molecular formula is C16H19N5OS. The fourth-order valence-electron chi connectivity index (χ4n) is 2.41. The van der Waals surface area contributed by atoms with Crippen molar-refractivity contribution in [2.75, 3.05) is 31.2 Å². The Labute approximate surface area is 140 Å². The number of benzene rings is 1. The van der Waals surface area contributed by atoms with E-state index in [2.05, 4.69) is 52.4 Å². The molecule has 0 aliphatic carbocycles. The van der Waals surface area contributed by atoms with Gasteiger partial charge in [0.1, 0.15) is 0 Å². The van der Waals surface area contributed by atoms with Gasteiger partial charge in [-0.1, -0.05) is 29.5 Å². The van der Waals surface area contributed by atoms with Gasteiger partial charge in [0.05, 0.1) is 30.2 Å².